The zero-order chi connectivity index (χ0) is 21.7. The highest BCUT2D eigenvalue weighted by Crippen LogP contribution is 2.48. The van der Waals surface area contributed by atoms with Crippen LogP contribution in [0.5, 0.6) is 0 Å². The van der Waals surface area contributed by atoms with Gasteiger partial charge in [0.05, 0.1) is 22.8 Å². The zero-order valence-electron chi connectivity index (χ0n) is 12.9. The lowest BCUT2D eigenvalue weighted by Gasteiger charge is -2.34. The van der Waals surface area contributed by atoms with E-state index in [0.29, 0.717) is 0 Å². The van der Waals surface area contributed by atoms with Gasteiger partial charge in [-0.2, -0.15) is 52.7 Å². The van der Waals surface area contributed by atoms with E-state index in [-0.39, 0.29) is 0 Å². The van der Waals surface area contributed by atoms with Crippen molar-refractivity contribution >= 4 is 15.9 Å². The van der Waals surface area contributed by atoms with E-state index in [0.717, 1.165) is 0 Å². The van der Waals surface area contributed by atoms with Crippen LogP contribution in [0.15, 0.2) is 12.1 Å². The molecule has 28 heavy (non-hydrogen) atoms. The van der Waals surface area contributed by atoms with E-state index in [1.165, 1.54) is 0 Å². The van der Waals surface area contributed by atoms with Crippen molar-refractivity contribution in [3.63, 3.8) is 0 Å². The van der Waals surface area contributed by atoms with Crippen LogP contribution in [0.25, 0.3) is 0 Å². The van der Waals surface area contributed by atoms with Crippen LogP contribution in [0, 0.1) is 0 Å². The molecular weight excluding hydrogens is 443 g/mol. The van der Waals surface area contributed by atoms with E-state index in [1.54, 1.807) is 0 Å². The summed E-state index contributed by atoms with van der Waals surface area (Å²) >= 11 is -2.11. The van der Waals surface area contributed by atoms with Crippen molar-refractivity contribution < 1.29 is 60.3 Å². The predicted octanol–water partition coefficient (Wildman–Crippen LogP) is 5.69. The van der Waals surface area contributed by atoms with Gasteiger partial charge >= 0.3 is 40.6 Å². The molecule has 1 fully saturated rings. The van der Waals surface area contributed by atoms with E-state index in [4.69, 9.17) is 0 Å². The van der Waals surface area contributed by atoms with Crippen LogP contribution in [0.2, 0.25) is 0 Å². The molecule has 157 valence electrons. The van der Waals surface area contributed by atoms with Gasteiger partial charge in [-0.1, -0.05) is 0 Å². The summed E-state index contributed by atoms with van der Waals surface area (Å²) in [5, 5.41) is 0. The summed E-state index contributed by atoms with van der Waals surface area (Å²) in [5.41, 5.74) is -8.83. The second kappa shape index (κ2) is 7.26. The summed E-state index contributed by atoms with van der Waals surface area (Å²) in [6.45, 7) is 0. The number of halogens is 12. The molecule has 0 saturated carbocycles. The van der Waals surface area contributed by atoms with Gasteiger partial charge in [-0.25, -0.2) is 0 Å². The smallest absolute Gasteiger partial charge is 0.478 e. The minimum atomic E-state index is -5.72. The van der Waals surface area contributed by atoms with Gasteiger partial charge in [-0.05, 0) is 12.1 Å². The van der Waals surface area contributed by atoms with Gasteiger partial charge in [-0.3, -0.25) is 0 Å². The highest BCUT2D eigenvalue weighted by Gasteiger charge is 2.50. The molecule has 1 saturated heterocycles. The topological polar surface area (TPSA) is 18.5 Å². The Bertz CT molecular complexity index is 683. The summed E-state index contributed by atoms with van der Waals surface area (Å²) < 4.78 is 165. The predicted molar refractivity (Wildman–Crippen MR) is 66.6 cm³/mol. The number of hydrogen-bond acceptors (Lipinski definition) is 2. The van der Waals surface area contributed by atoms with Gasteiger partial charge in [0.2, 0.25) is 0 Å². The molecule has 0 spiro atoms. The van der Waals surface area contributed by atoms with Crippen LogP contribution in [0.1, 0.15) is 34.8 Å². The lowest BCUT2D eigenvalue weighted by Crippen LogP contribution is -2.40. The van der Waals surface area contributed by atoms with Gasteiger partial charge in [0, 0.05) is 12.0 Å². The Hall–Kier alpha value is -1.17. The molecule has 0 aliphatic carbocycles. The highest BCUT2D eigenvalue weighted by atomic mass is 27.2. The summed E-state index contributed by atoms with van der Waals surface area (Å²) in [5.74, 6) is 0. The lowest BCUT2D eigenvalue weighted by molar-refractivity contribution is -0.215. The average molecular weight is 449 g/mol. The number of alkyl halides is 12. The molecule has 0 bridgehead atoms. The third-order valence-electron chi connectivity index (χ3n) is 3.67. The van der Waals surface area contributed by atoms with Crippen LogP contribution in [0.4, 0.5) is 52.7 Å². The average Bonchev–Trinajstić information content (AvgIpc) is 2.50. The van der Waals surface area contributed by atoms with Crippen molar-refractivity contribution in [2.45, 2.75) is 43.3 Å². The normalized spacial score (nSPS) is 22.1. The first-order valence-electron chi connectivity index (χ1n) is 7.01. The molecule has 1 radical (unpaired) electrons. The van der Waals surface area contributed by atoms with Crippen molar-refractivity contribution in [2.24, 2.45) is 0 Å². The second-order valence-corrected chi connectivity index (χ2v) is 6.34. The van der Waals surface area contributed by atoms with Crippen molar-refractivity contribution in [2.75, 3.05) is 0 Å². The summed E-state index contributed by atoms with van der Waals surface area (Å²) in [6, 6.07) is -1.16. The number of hydrogen-bond donors (Lipinski definition) is 0. The van der Waals surface area contributed by atoms with Crippen molar-refractivity contribution in [1.29, 1.82) is 0 Å². The molecule has 2 unspecified atom stereocenters. The fourth-order valence-corrected chi connectivity index (χ4v) is 3.35. The second-order valence-electron chi connectivity index (χ2n) is 5.60. The van der Waals surface area contributed by atoms with E-state index < -0.39 is 93.6 Å². The van der Waals surface area contributed by atoms with Crippen LogP contribution < -0.4 is 0 Å². The molecule has 1 aliphatic heterocycles. The molecule has 1 aliphatic rings. The third kappa shape index (κ3) is 5.05. The zero-order valence-corrected chi connectivity index (χ0v) is 14.1. The maximum atomic E-state index is 13.2. The first-order chi connectivity index (χ1) is 12.4. The Morgan fingerprint density at radius 3 is 1.54 bits per heavy atom. The van der Waals surface area contributed by atoms with Gasteiger partial charge in [-0.15, -0.1) is 0 Å². The largest absolute Gasteiger partial charge is 0.669 e. The van der Waals surface area contributed by atoms with Gasteiger partial charge in [0.25, 0.3) is 0 Å². The molecule has 2 rings (SSSR count). The molecule has 15 heteroatoms. The fraction of sp³-hybridized carbons (Fsp3) is 0.538. The molecule has 1 aromatic carbocycles. The van der Waals surface area contributed by atoms with Gasteiger partial charge in [0.1, 0.15) is 6.10 Å². The van der Waals surface area contributed by atoms with Crippen molar-refractivity contribution in [3.8, 4) is 0 Å². The minimum absolute atomic E-state index is 0.582. The maximum Gasteiger partial charge on any atom is 0.669 e. The van der Waals surface area contributed by atoms with Gasteiger partial charge in [0.15, 0.2) is 0 Å². The van der Waals surface area contributed by atoms with Crippen LogP contribution in [-0.2, 0) is 26.1 Å². The molecule has 0 N–H and O–H groups in total. The monoisotopic (exact) mass is 449 g/mol. The number of benzene rings is 1. The molecule has 2 atom stereocenters. The Labute approximate surface area is 154 Å². The lowest BCUT2D eigenvalue weighted by atomic mass is 9.90. The third-order valence-corrected chi connectivity index (χ3v) is 4.55. The SMILES string of the molecule is FC(F)(F)c1cc(C(F)(F)F)c(C2CC(C(F)(F)F)[O][Al][O]2)c(C(F)(F)F)c1. The Morgan fingerprint density at radius 1 is 0.714 bits per heavy atom. The molecule has 1 aromatic rings. The first kappa shape index (κ1) is 23.1. The van der Waals surface area contributed by atoms with Crippen molar-refractivity contribution in [1.82, 2.24) is 0 Å². The number of rotatable bonds is 1. The van der Waals surface area contributed by atoms with Crippen LogP contribution in [-0.4, -0.2) is 28.2 Å². The highest BCUT2D eigenvalue weighted by molar-refractivity contribution is 6.18. The Morgan fingerprint density at radius 2 is 1.18 bits per heavy atom. The Kier molecular flexibility index (Phi) is 6.00. The molecule has 2 nitrogen and oxygen atoms in total. The van der Waals surface area contributed by atoms with E-state index in [2.05, 4.69) is 7.58 Å². The Balaban J connectivity index is 2.73. The quantitative estimate of drug-likeness (QED) is 0.406. The molecule has 0 amide bonds. The van der Waals surface area contributed by atoms with Crippen LogP contribution in [0.3, 0.4) is 0 Å². The summed E-state index contributed by atoms with van der Waals surface area (Å²) in [6.07, 6.45) is -28.7. The van der Waals surface area contributed by atoms with E-state index >= 15 is 0 Å². The standard InChI is InChI=1S/C13H6F12O2.Al/c14-10(15,16)4-1-5(11(17,18)19)9(6(2-4)12(20,21)22)7(26)3-8(27)13(23,24)25;/h1-2,7-8H,3H2;/q-2;+2. The first-order valence-corrected chi connectivity index (χ1v) is 7.95. The van der Waals surface area contributed by atoms with E-state index in [1.807, 2.05) is 0 Å². The van der Waals surface area contributed by atoms with Crippen LogP contribution >= 0.6 is 0 Å². The van der Waals surface area contributed by atoms with Crippen molar-refractivity contribution in [3.05, 3.63) is 34.4 Å². The van der Waals surface area contributed by atoms with E-state index in [9.17, 15) is 52.7 Å². The maximum absolute atomic E-state index is 13.2. The molecule has 0 aromatic heterocycles. The minimum Gasteiger partial charge on any atom is -0.478 e. The summed E-state index contributed by atoms with van der Waals surface area (Å²) in [7, 11) is 0. The fourth-order valence-electron chi connectivity index (χ4n) is 2.50. The molecular formula is C13H6AlF12O2. The van der Waals surface area contributed by atoms with Gasteiger partial charge < -0.3 is 7.58 Å². The molecule has 1 heterocycles. The summed E-state index contributed by atoms with van der Waals surface area (Å²) in [4.78, 5) is 0.